The van der Waals surface area contributed by atoms with Crippen LogP contribution < -0.4 is 5.32 Å². The molecule has 118 valence electrons. The highest BCUT2D eigenvalue weighted by atomic mass is 19.1. The van der Waals surface area contributed by atoms with E-state index in [-0.39, 0.29) is 18.1 Å². The molecule has 23 heavy (non-hydrogen) atoms. The summed E-state index contributed by atoms with van der Waals surface area (Å²) >= 11 is 0. The molecule has 0 aliphatic heterocycles. The van der Waals surface area contributed by atoms with Crippen molar-refractivity contribution in [1.29, 1.82) is 0 Å². The number of hydrogen-bond donors (Lipinski definition) is 2. The molecule has 0 aliphatic rings. The summed E-state index contributed by atoms with van der Waals surface area (Å²) in [5.41, 5.74) is 2.49. The van der Waals surface area contributed by atoms with Gasteiger partial charge in [-0.1, -0.05) is 18.2 Å². The first-order valence-electron chi connectivity index (χ1n) is 7.20. The van der Waals surface area contributed by atoms with Crippen molar-refractivity contribution >= 4 is 17.1 Å². The highest BCUT2D eigenvalue weighted by Gasteiger charge is 2.12. The minimum absolute atomic E-state index is 0.0714. The highest BCUT2D eigenvalue weighted by molar-refractivity contribution is 5.77. The summed E-state index contributed by atoms with van der Waals surface area (Å²) in [6, 6.07) is 11.8. The molecule has 0 saturated carbocycles. The van der Waals surface area contributed by atoms with E-state index in [4.69, 9.17) is 9.52 Å². The fraction of sp³-hybridized carbons (Fsp3) is 0.176. The lowest BCUT2D eigenvalue weighted by atomic mass is 10.2. The standard InChI is InChI=1S/C17H15FN2O3/c18-13-4-2-1-3-12(13)17-20-14-6-5-11(9-15(14)23-17)10-19-8-7-16(21)22/h1-6,9,19H,7-8,10H2,(H,21,22). The Morgan fingerprint density at radius 1 is 1.26 bits per heavy atom. The van der Waals surface area contributed by atoms with Crippen molar-refractivity contribution in [2.24, 2.45) is 0 Å². The SMILES string of the molecule is O=C(O)CCNCc1ccc2nc(-c3ccccc3F)oc2c1. The van der Waals surface area contributed by atoms with Crippen LogP contribution in [0.25, 0.3) is 22.6 Å². The minimum Gasteiger partial charge on any atom is -0.481 e. The molecule has 3 rings (SSSR count). The number of rotatable bonds is 6. The van der Waals surface area contributed by atoms with E-state index >= 15 is 0 Å². The number of nitrogens with one attached hydrogen (secondary N) is 1. The second-order valence-electron chi connectivity index (χ2n) is 5.12. The molecule has 0 fully saturated rings. The van der Waals surface area contributed by atoms with Crippen LogP contribution in [-0.4, -0.2) is 22.6 Å². The average molecular weight is 314 g/mol. The number of aliphatic carboxylic acids is 1. The monoisotopic (exact) mass is 314 g/mol. The summed E-state index contributed by atoms with van der Waals surface area (Å²) in [5.74, 6) is -0.971. The van der Waals surface area contributed by atoms with E-state index in [0.717, 1.165) is 5.56 Å². The van der Waals surface area contributed by atoms with Crippen molar-refractivity contribution in [3.8, 4) is 11.5 Å². The van der Waals surface area contributed by atoms with Crippen molar-refractivity contribution in [2.45, 2.75) is 13.0 Å². The van der Waals surface area contributed by atoms with E-state index < -0.39 is 5.97 Å². The van der Waals surface area contributed by atoms with Crippen molar-refractivity contribution < 1.29 is 18.7 Å². The zero-order valence-electron chi connectivity index (χ0n) is 12.3. The number of nitrogens with zero attached hydrogens (tertiary/aromatic N) is 1. The molecule has 2 N–H and O–H groups in total. The van der Waals surface area contributed by atoms with Crippen LogP contribution in [0.3, 0.4) is 0 Å². The summed E-state index contributed by atoms with van der Waals surface area (Å²) in [6.45, 7) is 0.920. The van der Waals surface area contributed by atoms with Crippen molar-refractivity contribution in [3.63, 3.8) is 0 Å². The van der Waals surface area contributed by atoms with Gasteiger partial charge in [-0.05, 0) is 29.8 Å². The van der Waals surface area contributed by atoms with E-state index in [2.05, 4.69) is 10.3 Å². The molecule has 1 heterocycles. The van der Waals surface area contributed by atoms with Gasteiger partial charge >= 0.3 is 5.97 Å². The molecule has 0 unspecified atom stereocenters. The van der Waals surface area contributed by atoms with Gasteiger partial charge in [-0.15, -0.1) is 0 Å². The van der Waals surface area contributed by atoms with E-state index in [1.54, 1.807) is 24.3 Å². The fourth-order valence-electron chi connectivity index (χ4n) is 2.26. The maximum atomic E-state index is 13.8. The number of carboxylic acid groups (broad SMARTS) is 1. The molecule has 0 radical (unpaired) electrons. The van der Waals surface area contributed by atoms with Crippen molar-refractivity contribution in [3.05, 3.63) is 53.8 Å². The lowest BCUT2D eigenvalue weighted by molar-refractivity contribution is -0.136. The van der Waals surface area contributed by atoms with Gasteiger partial charge in [-0.2, -0.15) is 0 Å². The maximum Gasteiger partial charge on any atom is 0.304 e. The molecule has 0 bridgehead atoms. The molecule has 6 heteroatoms. The normalized spacial score (nSPS) is 11.0. The number of benzene rings is 2. The zero-order chi connectivity index (χ0) is 16.2. The van der Waals surface area contributed by atoms with Gasteiger partial charge in [0.1, 0.15) is 11.3 Å². The van der Waals surface area contributed by atoms with Crippen LogP contribution in [-0.2, 0) is 11.3 Å². The van der Waals surface area contributed by atoms with Crippen LogP contribution in [0, 0.1) is 5.82 Å². The van der Waals surface area contributed by atoms with E-state index in [0.29, 0.717) is 29.8 Å². The van der Waals surface area contributed by atoms with E-state index in [1.807, 2.05) is 12.1 Å². The molecule has 0 aliphatic carbocycles. The lowest BCUT2D eigenvalue weighted by Gasteiger charge is -2.02. The first-order valence-corrected chi connectivity index (χ1v) is 7.20. The molecule has 3 aromatic rings. The third kappa shape index (κ3) is 3.54. The van der Waals surface area contributed by atoms with Gasteiger partial charge in [0.15, 0.2) is 5.58 Å². The number of halogens is 1. The van der Waals surface area contributed by atoms with Gasteiger partial charge in [0.25, 0.3) is 0 Å². The van der Waals surface area contributed by atoms with Crippen LogP contribution in [0.2, 0.25) is 0 Å². The molecular weight excluding hydrogens is 299 g/mol. The maximum absolute atomic E-state index is 13.8. The molecule has 1 aromatic heterocycles. The summed E-state index contributed by atoms with van der Waals surface area (Å²) < 4.78 is 19.4. The summed E-state index contributed by atoms with van der Waals surface area (Å²) in [5, 5.41) is 11.6. The molecule has 2 aromatic carbocycles. The first-order chi connectivity index (χ1) is 11.1. The van der Waals surface area contributed by atoms with Crippen LogP contribution in [0.1, 0.15) is 12.0 Å². The number of oxazole rings is 1. The highest BCUT2D eigenvalue weighted by Crippen LogP contribution is 2.26. The molecule has 5 nitrogen and oxygen atoms in total. The predicted octanol–water partition coefficient (Wildman–Crippen LogP) is 3.20. The van der Waals surface area contributed by atoms with E-state index in [1.165, 1.54) is 6.07 Å². The Labute approximate surface area is 131 Å². The third-order valence-corrected chi connectivity index (χ3v) is 3.40. The van der Waals surface area contributed by atoms with Crippen molar-refractivity contribution in [1.82, 2.24) is 10.3 Å². The number of aromatic nitrogens is 1. The molecule has 0 spiro atoms. The first kappa shape index (κ1) is 15.2. The van der Waals surface area contributed by atoms with Gasteiger partial charge in [0.05, 0.1) is 12.0 Å². The largest absolute Gasteiger partial charge is 0.481 e. The number of fused-ring (bicyclic) bond motifs is 1. The Kier molecular flexibility index (Phi) is 4.34. The van der Waals surface area contributed by atoms with Gasteiger partial charge in [0.2, 0.25) is 5.89 Å². The van der Waals surface area contributed by atoms with Crippen LogP contribution in [0.4, 0.5) is 4.39 Å². The second-order valence-corrected chi connectivity index (χ2v) is 5.12. The molecular formula is C17H15FN2O3. The fourth-order valence-corrected chi connectivity index (χ4v) is 2.26. The van der Waals surface area contributed by atoms with Gasteiger partial charge in [-0.3, -0.25) is 4.79 Å². The summed E-state index contributed by atoms with van der Waals surface area (Å²) in [6.07, 6.45) is 0.0714. The average Bonchev–Trinajstić information content (AvgIpc) is 2.94. The van der Waals surface area contributed by atoms with Crippen LogP contribution in [0.15, 0.2) is 46.9 Å². The minimum atomic E-state index is -0.835. The quantitative estimate of drug-likeness (QED) is 0.683. The molecule has 0 saturated heterocycles. The van der Waals surface area contributed by atoms with Crippen molar-refractivity contribution in [2.75, 3.05) is 6.54 Å². The molecule has 0 amide bonds. The van der Waals surface area contributed by atoms with Gasteiger partial charge < -0.3 is 14.8 Å². The topological polar surface area (TPSA) is 75.4 Å². The Morgan fingerprint density at radius 2 is 2.09 bits per heavy atom. The molecule has 0 atom stereocenters. The third-order valence-electron chi connectivity index (χ3n) is 3.40. The predicted molar refractivity (Wildman–Crippen MR) is 83.4 cm³/mol. The zero-order valence-corrected chi connectivity index (χ0v) is 12.3. The van der Waals surface area contributed by atoms with Gasteiger partial charge in [0, 0.05) is 13.1 Å². The lowest BCUT2D eigenvalue weighted by Crippen LogP contribution is -2.17. The van der Waals surface area contributed by atoms with E-state index in [9.17, 15) is 9.18 Å². The smallest absolute Gasteiger partial charge is 0.304 e. The Bertz CT molecular complexity index is 845. The van der Waals surface area contributed by atoms with Crippen LogP contribution >= 0.6 is 0 Å². The van der Waals surface area contributed by atoms with Gasteiger partial charge in [-0.25, -0.2) is 9.37 Å². The number of carbonyl (C=O) groups is 1. The van der Waals surface area contributed by atoms with Crippen LogP contribution in [0.5, 0.6) is 0 Å². The number of hydrogen-bond acceptors (Lipinski definition) is 4. The Hall–Kier alpha value is -2.73. The summed E-state index contributed by atoms with van der Waals surface area (Å²) in [7, 11) is 0. The Morgan fingerprint density at radius 3 is 2.87 bits per heavy atom. The summed E-state index contributed by atoms with van der Waals surface area (Å²) in [4.78, 5) is 14.8. The number of carboxylic acids is 1. The second kappa shape index (κ2) is 6.58. The Balaban J connectivity index is 1.78.